The lowest BCUT2D eigenvalue weighted by molar-refractivity contribution is 0.937. The van der Waals surface area contributed by atoms with Crippen LogP contribution in [-0.2, 0) is 6.42 Å². The maximum Gasteiger partial charge on any atom is 0.0574 e. The maximum absolute atomic E-state index is 3.93. The molecule has 2 nitrogen and oxygen atoms in total. The Bertz CT molecular complexity index is 269. The topological polar surface area (TPSA) is 24.9 Å². The number of hydrogen-bond donors (Lipinski definition) is 1. The Balaban J connectivity index is 2.40. The zero-order valence-electron chi connectivity index (χ0n) is 7.17. The van der Waals surface area contributed by atoms with Gasteiger partial charge in [0.25, 0.3) is 0 Å². The Morgan fingerprint density at radius 1 is 1.33 bits per heavy atom. The van der Waals surface area contributed by atoms with E-state index < -0.39 is 0 Å². The molecular formula is C10H12N2. The molecule has 0 aromatic carbocycles. The van der Waals surface area contributed by atoms with E-state index in [1.54, 1.807) is 12.4 Å². The summed E-state index contributed by atoms with van der Waals surface area (Å²) >= 11 is 0. The molecule has 1 heterocycles. The molecule has 0 amide bonds. The van der Waals surface area contributed by atoms with Crippen LogP contribution < -0.4 is 5.32 Å². The van der Waals surface area contributed by atoms with Gasteiger partial charge in [0.15, 0.2) is 0 Å². The van der Waals surface area contributed by atoms with Crippen molar-refractivity contribution in [1.29, 1.82) is 0 Å². The molecule has 1 aromatic rings. The molecule has 1 rings (SSSR count). The van der Waals surface area contributed by atoms with Crippen LogP contribution in [0.4, 0.5) is 0 Å². The second-order valence-corrected chi connectivity index (χ2v) is 2.42. The molecule has 2 heteroatoms. The summed E-state index contributed by atoms with van der Waals surface area (Å²) in [5, 5.41) is 2.97. The highest BCUT2D eigenvalue weighted by Gasteiger charge is 1.84. The Kier molecular flexibility index (Phi) is 3.90. The number of hydrogen-bond acceptors (Lipinski definition) is 2. The second-order valence-electron chi connectivity index (χ2n) is 2.42. The third kappa shape index (κ3) is 3.18. The second kappa shape index (κ2) is 5.34. The van der Waals surface area contributed by atoms with Gasteiger partial charge in [0.2, 0.25) is 0 Å². The predicted octanol–water partition coefficient (Wildman–Crippen LogP) is 0.847. The lowest BCUT2D eigenvalue weighted by atomic mass is 10.2. The zero-order chi connectivity index (χ0) is 8.65. The summed E-state index contributed by atoms with van der Waals surface area (Å²) in [6.07, 6.45) is 4.38. The van der Waals surface area contributed by atoms with Gasteiger partial charge in [0.1, 0.15) is 0 Å². The number of rotatable bonds is 2. The summed E-state index contributed by atoms with van der Waals surface area (Å²) in [4.78, 5) is 3.93. The van der Waals surface area contributed by atoms with Crippen LogP contribution in [0, 0.1) is 11.8 Å². The summed E-state index contributed by atoms with van der Waals surface area (Å²) in [5.74, 6) is 6.06. The van der Waals surface area contributed by atoms with Gasteiger partial charge in [-0.2, -0.15) is 0 Å². The Morgan fingerprint density at radius 3 is 2.75 bits per heavy atom. The minimum Gasteiger partial charge on any atom is -0.309 e. The molecule has 62 valence electrons. The van der Waals surface area contributed by atoms with E-state index in [4.69, 9.17) is 0 Å². The molecule has 0 radical (unpaired) electrons. The van der Waals surface area contributed by atoms with Crippen LogP contribution in [-0.4, -0.2) is 18.6 Å². The summed E-state index contributed by atoms with van der Waals surface area (Å²) in [7, 11) is 1.89. The van der Waals surface area contributed by atoms with Crippen LogP contribution in [0.2, 0.25) is 0 Å². The molecule has 1 N–H and O–H groups in total. The van der Waals surface area contributed by atoms with Gasteiger partial charge < -0.3 is 5.32 Å². The molecule has 0 bridgehead atoms. The normalized spacial score (nSPS) is 8.75. The first-order chi connectivity index (χ1) is 5.93. The smallest absolute Gasteiger partial charge is 0.0574 e. The van der Waals surface area contributed by atoms with E-state index in [-0.39, 0.29) is 0 Å². The van der Waals surface area contributed by atoms with Crippen molar-refractivity contribution in [1.82, 2.24) is 10.3 Å². The first kappa shape index (κ1) is 8.76. The standard InChI is InChI=1S/C10H12N2/c1-11-7-3-2-4-10-5-8-12-9-6-10/h5-6,8-9,11H,4,7H2,1H3. The van der Waals surface area contributed by atoms with Crippen LogP contribution >= 0.6 is 0 Å². The average molecular weight is 160 g/mol. The van der Waals surface area contributed by atoms with Gasteiger partial charge in [0.05, 0.1) is 6.54 Å². The fourth-order valence-corrected chi connectivity index (χ4v) is 0.816. The van der Waals surface area contributed by atoms with Crippen LogP contribution in [0.15, 0.2) is 24.5 Å². The molecule has 0 saturated carbocycles. The molecule has 0 aliphatic carbocycles. The first-order valence-electron chi connectivity index (χ1n) is 3.92. The minimum absolute atomic E-state index is 0.755. The molecule has 0 aliphatic heterocycles. The largest absolute Gasteiger partial charge is 0.309 e. The lowest BCUT2D eigenvalue weighted by Gasteiger charge is -1.90. The number of aromatic nitrogens is 1. The Morgan fingerprint density at radius 2 is 2.08 bits per heavy atom. The van der Waals surface area contributed by atoms with Crippen LogP contribution in [0.25, 0.3) is 0 Å². The van der Waals surface area contributed by atoms with Gasteiger partial charge in [0, 0.05) is 18.8 Å². The van der Waals surface area contributed by atoms with Crippen LogP contribution in [0.1, 0.15) is 5.56 Å². The van der Waals surface area contributed by atoms with Gasteiger partial charge in [-0.15, -0.1) is 0 Å². The van der Waals surface area contributed by atoms with Gasteiger partial charge in [-0.25, -0.2) is 0 Å². The van der Waals surface area contributed by atoms with Gasteiger partial charge in [-0.1, -0.05) is 11.8 Å². The first-order valence-corrected chi connectivity index (χ1v) is 3.92. The lowest BCUT2D eigenvalue weighted by Crippen LogP contribution is -2.04. The van der Waals surface area contributed by atoms with Crippen molar-refractivity contribution >= 4 is 0 Å². The summed E-state index contributed by atoms with van der Waals surface area (Å²) in [6.45, 7) is 0.755. The zero-order valence-corrected chi connectivity index (χ0v) is 7.17. The van der Waals surface area contributed by atoms with Crippen LogP contribution in [0.5, 0.6) is 0 Å². The highest BCUT2D eigenvalue weighted by Crippen LogP contribution is 1.95. The molecule has 0 atom stereocenters. The molecule has 12 heavy (non-hydrogen) atoms. The monoisotopic (exact) mass is 160 g/mol. The van der Waals surface area contributed by atoms with E-state index in [0.717, 1.165) is 13.0 Å². The molecule has 1 aromatic heterocycles. The average Bonchev–Trinajstić information content (AvgIpc) is 2.14. The van der Waals surface area contributed by atoms with Crippen molar-refractivity contribution in [2.75, 3.05) is 13.6 Å². The fraction of sp³-hybridized carbons (Fsp3) is 0.300. The van der Waals surface area contributed by atoms with Crippen molar-refractivity contribution in [3.8, 4) is 11.8 Å². The van der Waals surface area contributed by atoms with Crippen molar-refractivity contribution in [2.24, 2.45) is 0 Å². The highest BCUT2D eigenvalue weighted by atomic mass is 14.8. The van der Waals surface area contributed by atoms with Crippen molar-refractivity contribution in [2.45, 2.75) is 6.42 Å². The van der Waals surface area contributed by atoms with Crippen molar-refractivity contribution in [3.63, 3.8) is 0 Å². The molecule has 0 fully saturated rings. The minimum atomic E-state index is 0.755. The summed E-state index contributed by atoms with van der Waals surface area (Å²) < 4.78 is 0. The van der Waals surface area contributed by atoms with E-state index in [9.17, 15) is 0 Å². The molecular weight excluding hydrogens is 148 g/mol. The third-order valence-electron chi connectivity index (χ3n) is 1.43. The van der Waals surface area contributed by atoms with Crippen LogP contribution in [0.3, 0.4) is 0 Å². The predicted molar refractivity (Wildman–Crippen MR) is 49.6 cm³/mol. The molecule has 0 spiro atoms. The summed E-state index contributed by atoms with van der Waals surface area (Å²) in [5.41, 5.74) is 1.22. The highest BCUT2D eigenvalue weighted by molar-refractivity contribution is 5.18. The summed E-state index contributed by atoms with van der Waals surface area (Å²) in [6, 6.07) is 3.96. The van der Waals surface area contributed by atoms with E-state index in [1.807, 2.05) is 19.2 Å². The van der Waals surface area contributed by atoms with E-state index in [0.29, 0.717) is 0 Å². The van der Waals surface area contributed by atoms with E-state index in [2.05, 4.69) is 22.1 Å². The number of pyridine rings is 1. The molecule has 0 saturated heterocycles. The number of nitrogens with zero attached hydrogens (tertiary/aromatic N) is 1. The number of nitrogens with one attached hydrogen (secondary N) is 1. The SMILES string of the molecule is CNCC#CCc1ccncc1. The van der Waals surface area contributed by atoms with E-state index in [1.165, 1.54) is 5.56 Å². The molecule has 0 aliphatic rings. The van der Waals surface area contributed by atoms with Gasteiger partial charge in [-0.3, -0.25) is 4.98 Å². The quantitative estimate of drug-likeness (QED) is 0.649. The van der Waals surface area contributed by atoms with E-state index >= 15 is 0 Å². The van der Waals surface area contributed by atoms with Crippen molar-refractivity contribution < 1.29 is 0 Å². The Hall–Kier alpha value is -1.33. The Labute approximate surface area is 73.0 Å². The van der Waals surface area contributed by atoms with Gasteiger partial charge >= 0.3 is 0 Å². The van der Waals surface area contributed by atoms with Crippen molar-refractivity contribution in [3.05, 3.63) is 30.1 Å². The maximum atomic E-state index is 3.93. The van der Waals surface area contributed by atoms with Gasteiger partial charge in [-0.05, 0) is 24.7 Å². The third-order valence-corrected chi connectivity index (χ3v) is 1.43. The molecule has 0 unspecified atom stereocenters. The fourth-order valence-electron chi connectivity index (χ4n) is 0.816.